The molecule has 114 valence electrons. The standard InChI is InChI=1S/C17H13N3O3/c1-10-4-5-11-3-2-6-18-15(11)14(10)16(21)20-12-7-13-17(19-8-12)23-9-22-13/h2-8H,9H2,1H3,(H,20,21). The summed E-state index contributed by atoms with van der Waals surface area (Å²) in [5.74, 6) is 0.731. The van der Waals surface area contributed by atoms with E-state index in [1.807, 2.05) is 31.2 Å². The van der Waals surface area contributed by atoms with Crippen molar-refractivity contribution in [2.24, 2.45) is 0 Å². The van der Waals surface area contributed by atoms with Crippen LogP contribution in [0.2, 0.25) is 0 Å². The largest absolute Gasteiger partial charge is 0.452 e. The van der Waals surface area contributed by atoms with Crippen LogP contribution in [0.3, 0.4) is 0 Å². The number of carbonyl (C=O) groups excluding carboxylic acids is 1. The quantitative estimate of drug-likeness (QED) is 0.788. The third-order valence-corrected chi connectivity index (χ3v) is 3.70. The number of nitrogens with zero attached hydrogens (tertiary/aromatic N) is 2. The molecular formula is C17H13N3O3. The second kappa shape index (κ2) is 5.24. The van der Waals surface area contributed by atoms with E-state index < -0.39 is 0 Å². The molecule has 0 atom stereocenters. The van der Waals surface area contributed by atoms with Crippen molar-refractivity contribution in [1.29, 1.82) is 0 Å². The van der Waals surface area contributed by atoms with Gasteiger partial charge in [0.1, 0.15) is 0 Å². The van der Waals surface area contributed by atoms with Gasteiger partial charge >= 0.3 is 0 Å². The topological polar surface area (TPSA) is 73.3 Å². The molecule has 23 heavy (non-hydrogen) atoms. The summed E-state index contributed by atoms with van der Waals surface area (Å²) in [6, 6.07) is 9.34. The minimum atomic E-state index is -0.229. The first-order chi connectivity index (χ1) is 11.2. The Hall–Kier alpha value is -3.15. The number of aryl methyl sites for hydroxylation is 1. The molecule has 3 heterocycles. The van der Waals surface area contributed by atoms with Gasteiger partial charge in [0.15, 0.2) is 5.75 Å². The average molecular weight is 307 g/mol. The first-order valence-electron chi connectivity index (χ1n) is 7.14. The number of hydrogen-bond acceptors (Lipinski definition) is 5. The van der Waals surface area contributed by atoms with Gasteiger partial charge in [0.25, 0.3) is 11.8 Å². The Balaban J connectivity index is 1.71. The molecule has 0 spiro atoms. The summed E-state index contributed by atoms with van der Waals surface area (Å²) in [5, 5.41) is 3.77. The van der Waals surface area contributed by atoms with E-state index in [2.05, 4.69) is 15.3 Å². The first-order valence-corrected chi connectivity index (χ1v) is 7.14. The molecule has 1 aliphatic rings. The van der Waals surface area contributed by atoms with Crippen molar-refractivity contribution in [3.8, 4) is 11.6 Å². The molecule has 1 N–H and O–H groups in total. The summed E-state index contributed by atoms with van der Waals surface area (Å²) < 4.78 is 10.4. The molecule has 6 nitrogen and oxygen atoms in total. The molecular weight excluding hydrogens is 294 g/mol. The van der Waals surface area contributed by atoms with Crippen LogP contribution in [0.1, 0.15) is 15.9 Å². The highest BCUT2D eigenvalue weighted by Gasteiger charge is 2.18. The number of rotatable bonds is 2. The second-order valence-corrected chi connectivity index (χ2v) is 5.22. The van der Waals surface area contributed by atoms with E-state index in [4.69, 9.17) is 9.47 Å². The van der Waals surface area contributed by atoms with Crippen molar-refractivity contribution in [2.45, 2.75) is 6.92 Å². The maximum absolute atomic E-state index is 12.7. The molecule has 1 aliphatic heterocycles. The minimum Gasteiger partial charge on any atom is -0.452 e. The minimum absolute atomic E-state index is 0.145. The van der Waals surface area contributed by atoms with Gasteiger partial charge in [-0.05, 0) is 18.6 Å². The third kappa shape index (κ3) is 2.34. The summed E-state index contributed by atoms with van der Waals surface area (Å²) >= 11 is 0. The fourth-order valence-electron chi connectivity index (χ4n) is 2.59. The van der Waals surface area contributed by atoms with Crippen LogP contribution in [0.15, 0.2) is 42.7 Å². The molecule has 1 amide bonds. The fraction of sp³-hybridized carbons (Fsp3) is 0.118. The lowest BCUT2D eigenvalue weighted by molar-refractivity contribution is 0.102. The third-order valence-electron chi connectivity index (χ3n) is 3.70. The number of benzene rings is 1. The molecule has 0 bridgehead atoms. The van der Waals surface area contributed by atoms with E-state index in [1.54, 1.807) is 18.5 Å². The van der Waals surface area contributed by atoms with Gasteiger partial charge < -0.3 is 14.8 Å². The van der Waals surface area contributed by atoms with Crippen LogP contribution in [0.25, 0.3) is 10.9 Å². The van der Waals surface area contributed by atoms with Crippen molar-refractivity contribution in [3.63, 3.8) is 0 Å². The SMILES string of the molecule is Cc1ccc2cccnc2c1C(=O)Nc1cnc2c(c1)OCO2. The zero-order chi connectivity index (χ0) is 15.8. The number of pyridine rings is 2. The summed E-state index contributed by atoms with van der Waals surface area (Å²) in [4.78, 5) is 21.2. The highest BCUT2D eigenvalue weighted by Crippen LogP contribution is 2.32. The molecule has 4 rings (SSSR count). The van der Waals surface area contributed by atoms with E-state index in [-0.39, 0.29) is 12.7 Å². The summed E-state index contributed by atoms with van der Waals surface area (Å²) in [6.07, 6.45) is 3.22. The van der Waals surface area contributed by atoms with E-state index in [0.29, 0.717) is 28.4 Å². The number of nitrogens with one attached hydrogen (secondary N) is 1. The van der Waals surface area contributed by atoms with E-state index in [9.17, 15) is 4.79 Å². The maximum atomic E-state index is 12.7. The summed E-state index contributed by atoms with van der Waals surface area (Å²) in [5.41, 5.74) is 2.65. The van der Waals surface area contributed by atoms with Crippen molar-refractivity contribution in [2.75, 3.05) is 12.1 Å². The monoisotopic (exact) mass is 307 g/mol. The molecule has 0 radical (unpaired) electrons. The van der Waals surface area contributed by atoms with Gasteiger partial charge in [-0.3, -0.25) is 9.78 Å². The van der Waals surface area contributed by atoms with Gasteiger partial charge in [0.2, 0.25) is 6.79 Å². The van der Waals surface area contributed by atoms with E-state index in [0.717, 1.165) is 10.9 Å². The summed E-state index contributed by atoms with van der Waals surface area (Å²) in [7, 11) is 0. The smallest absolute Gasteiger partial charge is 0.260 e. The van der Waals surface area contributed by atoms with Crippen molar-refractivity contribution in [1.82, 2.24) is 9.97 Å². The highest BCUT2D eigenvalue weighted by atomic mass is 16.7. The predicted octanol–water partition coefficient (Wildman–Crippen LogP) is 2.92. The molecule has 0 unspecified atom stereocenters. The Morgan fingerprint density at radius 1 is 1.22 bits per heavy atom. The highest BCUT2D eigenvalue weighted by molar-refractivity contribution is 6.12. The van der Waals surface area contributed by atoms with Gasteiger partial charge in [-0.1, -0.05) is 18.2 Å². The lowest BCUT2D eigenvalue weighted by Gasteiger charge is -2.10. The molecule has 0 saturated carbocycles. The Labute approximate surface area is 132 Å². The Morgan fingerprint density at radius 3 is 3.04 bits per heavy atom. The van der Waals surface area contributed by atoms with Crippen LogP contribution in [0.5, 0.6) is 11.6 Å². The van der Waals surface area contributed by atoms with Gasteiger partial charge in [-0.25, -0.2) is 4.98 Å². The van der Waals surface area contributed by atoms with Crippen LogP contribution in [0, 0.1) is 6.92 Å². The van der Waals surface area contributed by atoms with Gasteiger partial charge in [-0.2, -0.15) is 0 Å². The molecule has 1 aromatic carbocycles. The number of aromatic nitrogens is 2. The van der Waals surface area contributed by atoms with Crippen molar-refractivity contribution in [3.05, 3.63) is 53.9 Å². The van der Waals surface area contributed by atoms with Crippen LogP contribution >= 0.6 is 0 Å². The number of amides is 1. The Bertz CT molecular complexity index is 924. The summed E-state index contributed by atoms with van der Waals surface area (Å²) in [6.45, 7) is 2.03. The molecule has 2 aromatic heterocycles. The maximum Gasteiger partial charge on any atom is 0.260 e. The molecule has 3 aromatic rings. The van der Waals surface area contributed by atoms with Crippen LogP contribution in [0.4, 0.5) is 5.69 Å². The van der Waals surface area contributed by atoms with Gasteiger partial charge in [0, 0.05) is 17.6 Å². The second-order valence-electron chi connectivity index (χ2n) is 5.22. The zero-order valence-corrected chi connectivity index (χ0v) is 12.4. The fourth-order valence-corrected chi connectivity index (χ4v) is 2.59. The number of hydrogen-bond donors (Lipinski definition) is 1. The Morgan fingerprint density at radius 2 is 2.13 bits per heavy atom. The number of anilines is 1. The molecule has 0 aliphatic carbocycles. The lowest BCUT2D eigenvalue weighted by Crippen LogP contribution is -2.14. The van der Waals surface area contributed by atoms with Crippen LogP contribution < -0.4 is 14.8 Å². The number of fused-ring (bicyclic) bond motifs is 2. The van der Waals surface area contributed by atoms with Gasteiger partial charge in [0.05, 0.1) is 23.0 Å². The van der Waals surface area contributed by atoms with Crippen molar-refractivity contribution < 1.29 is 14.3 Å². The van der Waals surface area contributed by atoms with Crippen LogP contribution in [-0.4, -0.2) is 22.7 Å². The zero-order valence-electron chi connectivity index (χ0n) is 12.4. The normalized spacial score (nSPS) is 12.4. The first kappa shape index (κ1) is 13.5. The predicted molar refractivity (Wildman–Crippen MR) is 84.8 cm³/mol. The number of carbonyl (C=O) groups is 1. The molecule has 6 heteroatoms. The lowest BCUT2D eigenvalue weighted by atomic mass is 10.0. The van der Waals surface area contributed by atoms with Gasteiger partial charge in [-0.15, -0.1) is 0 Å². The Kier molecular flexibility index (Phi) is 3.08. The molecule has 0 fully saturated rings. The number of ether oxygens (including phenoxy) is 2. The molecule has 0 saturated heterocycles. The van der Waals surface area contributed by atoms with E-state index >= 15 is 0 Å². The van der Waals surface area contributed by atoms with E-state index in [1.165, 1.54) is 0 Å². The van der Waals surface area contributed by atoms with Crippen LogP contribution in [-0.2, 0) is 0 Å². The average Bonchev–Trinajstić information content (AvgIpc) is 3.02. The van der Waals surface area contributed by atoms with Crippen molar-refractivity contribution >= 4 is 22.5 Å².